The lowest BCUT2D eigenvalue weighted by atomic mass is 9.90. The number of azo groups is 1. The lowest BCUT2D eigenvalue weighted by molar-refractivity contribution is -0.126. The van der Waals surface area contributed by atoms with Gasteiger partial charge in [0, 0.05) is 35.3 Å². The predicted octanol–water partition coefficient (Wildman–Crippen LogP) is 5.01. The molecule has 0 bridgehead atoms. The number of anilines is 1. The van der Waals surface area contributed by atoms with Crippen molar-refractivity contribution in [3.8, 4) is 5.75 Å². The topological polar surface area (TPSA) is 66.3 Å². The van der Waals surface area contributed by atoms with Gasteiger partial charge in [0.05, 0.1) is 5.69 Å². The zero-order chi connectivity index (χ0) is 21.6. The number of hydrogen-bond acceptors (Lipinski definition) is 5. The van der Waals surface area contributed by atoms with Crippen LogP contribution in [0.3, 0.4) is 0 Å². The van der Waals surface area contributed by atoms with E-state index in [0.717, 1.165) is 31.4 Å². The maximum absolute atomic E-state index is 14.3. The zero-order valence-electron chi connectivity index (χ0n) is 16.5. The second-order valence-electron chi connectivity index (χ2n) is 7.75. The molecule has 31 heavy (non-hydrogen) atoms. The van der Waals surface area contributed by atoms with E-state index < -0.39 is 23.2 Å². The molecule has 1 atom stereocenters. The Hall–Kier alpha value is -2.84. The van der Waals surface area contributed by atoms with E-state index in [1.165, 1.54) is 6.07 Å². The molecule has 0 aliphatic carbocycles. The second kappa shape index (κ2) is 7.69. The molecule has 1 unspecified atom stereocenters. The maximum atomic E-state index is 14.3. The lowest BCUT2D eigenvalue weighted by Gasteiger charge is -2.40. The highest BCUT2D eigenvalue weighted by atomic mass is 35.5. The molecule has 0 aromatic heterocycles. The third-order valence-corrected chi connectivity index (χ3v) is 6.12. The van der Waals surface area contributed by atoms with Crippen LogP contribution in [-0.4, -0.2) is 36.2 Å². The monoisotopic (exact) mass is 444 g/mol. The van der Waals surface area contributed by atoms with Gasteiger partial charge in [-0.1, -0.05) is 18.0 Å². The van der Waals surface area contributed by atoms with E-state index in [1.807, 2.05) is 4.90 Å². The van der Waals surface area contributed by atoms with Crippen molar-refractivity contribution in [1.29, 1.82) is 0 Å². The molecule has 6 nitrogen and oxygen atoms in total. The molecular weight excluding hydrogens is 426 g/mol. The summed E-state index contributed by atoms with van der Waals surface area (Å²) >= 11 is 6.08. The third-order valence-electron chi connectivity index (χ3n) is 5.88. The molecular formula is C22H19ClF2N4O2. The maximum Gasteiger partial charge on any atom is 0.274 e. The normalized spacial score (nSPS) is 22.7. The van der Waals surface area contributed by atoms with Crippen molar-refractivity contribution in [2.75, 3.05) is 25.0 Å². The van der Waals surface area contributed by atoms with E-state index in [1.54, 1.807) is 18.2 Å². The van der Waals surface area contributed by atoms with E-state index in [4.69, 9.17) is 16.3 Å². The predicted molar refractivity (Wildman–Crippen MR) is 112 cm³/mol. The number of nitrogens with one attached hydrogen (secondary N) is 1. The van der Waals surface area contributed by atoms with Crippen LogP contribution in [0.2, 0.25) is 5.02 Å². The fraction of sp³-hybridized carbons (Fsp3) is 0.318. The molecule has 1 N–H and O–H groups in total. The van der Waals surface area contributed by atoms with E-state index in [9.17, 15) is 13.6 Å². The molecule has 9 heteroatoms. The van der Waals surface area contributed by atoms with Crippen molar-refractivity contribution in [3.63, 3.8) is 0 Å². The summed E-state index contributed by atoms with van der Waals surface area (Å²) < 4.78 is 33.5. The Morgan fingerprint density at radius 2 is 1.94 bits per heavy atom. The van der Waals surface area contributed by atoms with Crippen LogP contribution in [0.4, 0.5) is 14.5 Å². The number of piperidine rings is 1. The van der Waals surface area contributed by atoms with Crippen molar-refractivity contribution in [1.82, 2.24) is 4.90 Å². The highest BCUT2D eigenvalue weighted by Gasteiger charge is 2.54. The van der Waals surface area contributed by atoms with Crippen LogP contribution >= 0.6 is 11.6 Å². The Morgan fingerprint density at radius 1 is 1.13 bits per heavy atom. The van der Waals surface area contributed by atoms with Gasteiger partial charge in [-0.15, -0.1) is 0 Å². The van der Waals surface area contributed by atoms with E-state index in [0.29, 0.717) is 40.7 Å². The standard InChI is InChI=1S/C22H19ClF2N4O2/c23-13-4-6-15-19(10-13)31-12-16-20(15)27-28-22(16,29-8-2-1-3-9-29)21(30)26-18-7-5-14(24)11-17(18)25/h4-7,10-11H,1-3,8-9,12H2,(H,26,30). The van der Waals surface area contributed by atoms with Gasteiger partial charge in [-0.05, 0) is 43.2 Å². The summed E-state index contributed by atoms with van der Waals surface area (Å²) in [5.74, 6) is -1.55. The molecule has 1 fully saturated rings. The summed E-state index contributed by atoms with van der Waals surface area (Å²) in [6, 6.07) is 8.23. The van der Waals surface area contributed by atoms with Gasteiger partial charge >= 0.3 is 0 Å². The van der Waals surface area contributed by atoms with Crippen LogP contribution < -0.4 is 10.1 Å². The fourth-order valence-corrected chi connectivity index (χ4v) is 4.51. The number of carbonyl (C=O) groups is 1. The van der Waals surface area contributed by atoms with Gasteiger partial charge in [-0.25, -0.2) is 8.78 Å². The molecule has 0 saturated carbocycles. The highest BCUT2D eigenvalue weighted by Crippen LogP contribution is 2.47. The molecule has 1 amide bonds. The van der Waals surface area contributed by atoms with Crippen LogP contribution in [0.1, 0.15) is 24.8 Å². The number of fused-ring (bicyclic) bond motifs is 2. The van der Waals surface area contributed by atoms with Gasteiger partial charge in [-0.2, -0.15) is 10.2 Å². The number of amides is 1. The van der Waals surface area contributed by atoms with E-state index in [-0.39, 0.29) is 12.3 Å². The first-order valence-corrected chi connectivity index (χ1v) is 10.5. The Morgan fingerprint density at radius 3 is 2.71 bits per heavy atom. The summed E-state index contributed by atoms with van der Waals surface area (Å²) in [4.78, 5) is 15.6. The molecule has 3 aliphatic heterocycles. The first-order valence-electron chi connectivity index (χ1n) is 10.1. The molecule has 1 saturated heterocycles. The highest BCUT2D eigenvalue weighted by molar-refractivity contribution is 6.30. The van der Waals surface area contributed by atoms with Crippen molar-refractivity contribution in [2.45, 2.75) is 24.9 Å². The van der Waals surface area contributed by atoms with Gasteiger partial charge in [0.15, 0.2) is 0 Å². The Bertz CT molecular complexity index is 1130. The first-order chi connectivity index (χ1) is 15.0. The molecule has 2 aromatic rings. The number of ether oxygens (including phenoxy) is 1. The van der Waals surface area contributed by atoms with Crippen molar-refractivity contribution in [2.24, 2.45) is 10.2 Å². The van der Waals surface area contributed by atoms with Crippen LogP contribution in [0.5, 0.6) is 5.75 Å². The number of benzene rings is 2. The minimum atomic E-state index is -1.45. The molecule has 0 spiro atoms. The van der Waals surface area contributed by atoms with Crippen molar-refractivity contribution < 1.29 is 18.3 Å². The average Bonchev–Trinajstić information content (AvgIpc) is 3.17. The smallest absolute Gasteiger partial charge is 0.274 e. The molecule has 3 aliphatic rings. The molecule has 160 valence electrons. The zero-order valence-corrected chi connectivity index (χ0v) is 17.3. The molecule has 0 radical (unpaired) electrons. The average molecular weight is 445 g/mol. The van der Waals surface area contributed by atoms with Gasteiger partial charge in [0.2, 0.25) is 5.66 Å². The van der Waals surface area contributed by atoms with Gasteiger partial charge in [0.1, 0.15) is 29.7 Å². The Balaban J connectivity index is 1.59. The SMILES string of the molecule is O=C(Nc1ccc(F)cc1F)C1(N2CCCCC2)N=NC2=C1COc1cc(Cl)ccc12. The largest absolute Gasteiger partial charge is 0.488 e. The van der Waals surface area contributed by atoms with E-state index in [2.05, 4.69) is 15.5 Å². The summed E-state index contributed by atoms with van der Waals surface area (Å²) in [7, 11) is 0. The van der Waals surface area contributed by atoms with E-state index >= 15 is 0 Å². The first kappa shape index (κ1) is 20.1. The van der Waals surface area contributed by atoms with Crippen LogP contribution in [0.25, 0.3) is 5.70 Å². The summed E-state index contributed by atoms with van der Waals surface area (Å²) in [6.07, 6.45) is 2.87. The quantitative estimate of drug-likeness (QED) is 0.723. The van der Waals surface area contributed by atoms with Crippen LogP contribution in [0, 0.1) is 11.6 Å². The summed E-state index contributed by atoms with van der Waals surface area (Å²) in [5.41, 5.74) is 0.306. The van der Waals surface area contributed by atoms with Crippen molar-refractivity contribution in [3.05, 3.63) is 64.2 Å². The van der Waals surface area contributed by atoms with Gasteiger partial charge in [0.25, 0.3) is 5.91 Å². The minimum absolute atomic E-state index is 0.103. The number of nitrogens with zero attached hydrogens (tertiary/aromatic N) is 3. The number of carbonyl (C=O) groups excluding carboxylic acids is 1. The molecule has 2 aromatic carbocycles. The van der Waals surface area contributed by atoms with Crippen LogP contribution in [0.15, 0.2) is 52.2 Å². The number of halogens is 3. The molecule has 3 heterocycles. The lowest BCUT2D eigenvalue weighted by Crippen LogP contribution is -2.58. The fourth-order valence-electron chi connectivity index (χ4n) is 4.35. The number of hydrogen-bond donors (Lipinski definition) is 1. The Kier molecular flexibility index (Phi) is 4.98. The van der Waals surface area contributed by atoms with Crippen molar-refractivity contribution >= 4 is 28.9 Å². The summed E-state index contributed by atoms with van der Waals surface area (Å²) in [5, 5.41) is 12.0. The minimum Gasteiger partial charge on any atom is -0.488 e. The number of rotatable bonds is 3. The van der Waals surface area contributed by atoms with Gasteiger partial charge < -0.3 is 10.1 Å². The third kappa shape index (κ3) is 3.30. The second-order valence-corrected chi connectivity index (χ2v) is 8.19. The number of likely N-dealkylation sites (tertiary alicyclic amines) is 1. The Labute approximate surface area is 182 Å². The molecule has 5 rings (SSSR count). The van der Waals surface area contributed by atoms with Gasteiger partial charge in [-0.3, -0.25) is 9.69 Å². The summed E-state index contributed by atoms with van der Waals surface area (Å²) in [6.45, 7) is 1.39. The van der Waals surface area contributed by atoms with Crippen LogP contribution in [-0.2, 0) is 4.79 Å².